The second kappa shape index (κ2) is 3.91. The summed E-state index contributed by atoms with van der Waals surface area (Å²) in [6.07, 6.45) is 2.45. The van der Waals surface area contributed by atoms with Crippen molar-refractivity contribution in [3.05, 3.63) is 33.8 Å². The third-order valence-electron chi connectivity index (χ3n) is 3.66. The third kappa shape index (κ3) is 1.98. The number of aryl methyl sites for hydroxylation is 1. The molecule has 1 aromatic rings. The quantitative estimate of drug-likeness (QED) is 0.873. The van der Waals surface area contributed by atoms with E-state index in [2.05, 4.69) is 48.0 Å². The van der Waals surface area contributed by atoms with Crippen LogP contribution in [0.5, 0.6) is 0 Å². The predicted molar refractivity (Wildman–Crippen MR) is 68.0 cm³/mol. The summed E-state index contributed by atoms with van der Waals surface area (Å²) in [4.78, 5) is 0. The molecule has 0 heterocycles. The van der Waals surface area contributed by atoms with Gasteiger partial charge in [0, 0.05) is 4.47 Å². The molecule has 0 spiro atoms. The van der Waals surface area contributed by atoms with Crippen molar-refractivity contribution in [1.82, 2.24) is 0 Å². The second-order valence-electron chi connectivity index (χ2n) is 5.13. The molecule has 1 aliphatic rings. The highest BCUT2D eigenvalue weighted by atomic mass is 79.9. The van der Waals surface area contributed by atoms with Gasteiger partial charge in [-0.3, -0.25) is 0 Å². The lowest BCUT2D eigenvalue weighted by Crippen LogP contribution is -2.29. The van der Waals surface area contributed by atoms with Crippen LogP contribution in [0.2, 0.25) is 0 Å². The molecule has 1 atom stereocenters. The van der Waals surface area contributed by atoms with Crippen molar-refractivity contribution in [1.29, 1.82) is 0 Å². The zero-order chi connectivity index (χ0) is 11.1. The number of halogens is 1. The van der Waals surface area contributed by atoms with Crippen LogP contribution >= 0.6 is 15.9 Å². The van der Waals surface area contributed by atoms with Crippen LogP contribution in [0, 0.1) is 5.41 Å². The summed E-state index contributed by atoms with van der Waals surface area (Å²) in [6.45, 7) is 5.30. The van der Waals surface area contributed by atoms with Crippen molar-refractivity contribution in [3.63, 3.8) is 0 Å². The van der Waals surface area contributed by atoms with Gasteiger partial charge < -0.3 is 5.73 Å². The third-order valence-corrected chi connectivity index (χ3v) is 4.15. The Kier molecular flexibility index (Phi) is 2.91. The molecule has 1 aliphatic carbocycles. The minimum Gasteiger partial charge on any atom is -0.330 e. The molecule has 1 unspecified atom stereocenters. The summed E-state index contributed by atoms with van der Waals surface area (Å²) in [5.41, 5.74) is 9.09. The molecule has 0 aliphatic heterocycles. The van der Waals surface area contributed by atoms with Crippen LogP contribution in [-0.4, -0.2) is 6.54 Å². The molecule has 0 bridgehead atoms. The Hall–Kier alpha value is -0.340. The molecule has 82 valence electrons. The van der Waals surface area contributed by atoms with Gasteiger partial charge in [0.2, 0.25) is 0 Å². The molecule has 0 saturated carbocycles. The summed E-state index contributed by atoms with van der Waals surface area (Å²) >= 11 is 3.55. The lowest BCUT2D eigenvalue weighted by atomic mass is 9.76. The first-order valence-corrected chi connectivity index (χ1v) is 6.32. The molecule has 15 heavy (non-hydrogen) atoms. The molecule has 1 aromatic carbocycles. The Morgan fingerprint density at radius 1 is 1.47 bits per heavy atom. The minimum atomic E-state index is 0.214. The van der Waals surface area contributed by atoms with E-state index in [1.807, 2.05) is 0 Å². The maximum absolute atomic E-state index is 5.87. The van der Waals surface area contributed by atoms with E-state index in [9.17, 15) is 0 Å². The fraction of sp³-hybridized carbons (Fsp3) is 0.538. The highest BCUT2D eigenvalue weighted by Gasteiger charge is 2.34. The van der Waals surface area contributed by atoms with Crippen LogP contribution in [0.15, 0.2) is 22.7 Å². The normalized spacial score (nSPS) is 20.4. The monoisotopic (exact) mass is 267 g/mol. The minimum absolute atomic E-state index is 0.214. The Morgan fingerprint density at radius 2 is 2.20 bits per heavy atom. The maximum Gasteiger partial charge on any atom is 0.0178 e. The highest BCUT2D eigenvalue weighted by molar-refractivity contribution is 9.10. The number of hydrogen-bond acceptors (Lipinski definition) is 1. The van der Waals surface area contributed by atoms with Crippen LogP contribution in [0.1, 0.15) is 37.3 Å². The van der Waals surface area contributed by atoms with Crippen LogP contribution in [0.4, 0.5) is 0 Å². The average Bonchev–Trinajstić information content (AvgIpc) is 2.61. The topological polar surface area (TPSA) is 26.0 Å². The van der Waals surface area contributed by atoms with E-state index >= 15 is 0 Å². The Bertz CT molecular complexity index is 371. The van der Waals surface area contributed by atoms with E-state index in [1.54, 1.807) is 0 Å². The van der Waals surface area contributed by atoms with Crippen molar-refractivity contribution in [2.45, 2.75) is 32.6 Å². The summed E-state index contributed by atoms with van der Waals surface area (Å²) in [7, 11) is 0. The van der Waals surface area contributed by atoms with Gasteiger partial charge in [-0.2, -0.15) is 0 Å². The zero-order valence-corrected chi connectivity index (χ0v) is 11.0. The Balaban J connectivity index is 2.39. The van der Waals surface area contributed by atoms with E-state index < -0.39 is 0 Å². The van der Waals surface area contributed by atoms with Crippen molar-refractivity contribution in [3.8, 4) is 0 Å². The summed E-state index contributed by atoms with van der Waals surface area (Å²) in [5, 5.41) is 0. The first-order valence-electron chi connectivity index (χ1n) is 5.53. The van der Waals surface area contributed by atoms with Gasteiger partial charge in [0.1, 0.15) is 0 Å². The number of fused-ring (bicyclic) bond motifs is 1. The van der Waals surface area contributed by atoms with E-state index in [4.69, 9.17) is 5.73 Å². The molecule has 0 saturated heterocycles. The summed E-state index contributed by atoms with van der Waals surface area (Å²) in [6, 6.07) is 6.65. The van der Waals surface area contributed by atoms with Crippen LogP contribution in [0.25, 0.3) is 0 Å². The van der Waals surface area contributed by atoms with Gasteiger partial charge in [0.15, 0.2) is 0 Å². The molecular weight excluding hydrogens is 250 g/mol. The summed E-state index contributed by atoms with van der Waals surface area (Å²) < 4.78 is 1.18. The van der Waals surface area contributed by atoms with E-state index in [0.717, 1.165) is 6.54 Å². The average molecular weight is 268 g/mol. The first-order chi connectivity index (χ1) is 7.04. The molecule has 0 radical (unpaired) electrons. The van der Waals surface area contributed by atoms with Gasteiger partial charge in [0.25, 0.3) is 0 Å². The van der Waals surface area contributed by atoms with Gasteiger partial charge in [-0.1, -0.05) is 35.8 Å². The molecule has 0 aromatic heterocycles. The zero-order valence-electron chi connectivity index (χ0n) is 9.39. The lowest BCUT2D eigenvalue weighted by Gasteiger charge is -2.31. The predicted octanol–water partition coefficient (Wildman–Crippen LogP) is 3.46. The van der Waals surface area contributed by atoms with Crippen LogP contribution in [0.3, 0.4) is 0 Å². The first kappa shape index (κ1) is 11.2. The molecule has 2 rings (SSSR count). The van der Waals surface area contributed by atoms with E-state index in [-0.39, 0.29) is 5.41 Å². The SMILES string of the molecule is CC(C)(CN)C1CCc2ccc(Br)cc21. The van der Waals surface area contributed by atoms with Crippen LogP contribution < -0.4 is 5.73 Å². The smallest absolute Gasteiger partial charge is 0.0178 e. The lowest BCUT2D eigenvalue weighted by molar-refractivity contribution is 0.294. The van der Waals surface area contributed by atoms with E-state index in [0.29, 0.717) is 5.92 Å². The molecule has 0 amide bonds. The molecule has 2 N–H and O–H groups in total. The maximum atomic E-state index is 5.87. The van der Waals surface area contributed by atoms with Gasteiger partial charge in [-0.05, 0) is 54.0 Å². The van der Waals surface area contributed by atoms with Gasteiger partial charge in [-0.25, -0.2) is 0 Å². The number of rotatable bonds is 2. The fourth-order valence-corrected chi connectivity index (χ4v) is 2.91. The Labute approximate surface area is 100 Å². The van der Waals surface area contributed by atoms with E-state index in [1.165, 1.54) is 28.4 Å². The van der Waals surface area contributed by atoms with Crippen molar-refractivity contribution < 1.29 is 0 Å². The molecule has 0 fully saturated rings. The van der Waals surface area contributed by atoms with Crippen molar-refractivity contribution in [2.24, 2.45) is 11.1 Å². The van der Waals surface area contributed by atoms with Crippen LogP contribution in [-0.2, 0) is 6.42 Å². The molecule has 1 nitrogen and oxygen atoms in total. The standard InChI is InChI=1S/C13H18BrN/c1-13(2,8-15)12-6-4-9-3-5-10(14)7-11(9)12/h3,5,7,12H,4,6,8,15H2,1-2H3. The largest absolute Gasteiger partial charge is 0.330 e. The van der Waals surface area contributed by atoms with Crippen molar-refractivity contribution >= 4 is 15.9 Å². The number of benzene rings is 1. The second-order valence-corrected chi connectivity index (χ2v) is 6.04. The van der Waals surface area contributed by atoms with Gasteiger partial charge in [0.05, 0.1) is 0 Å². The number of hydrogen-bond donors (Lipinski definition) is 1. The highest BCUT2D eigenvalue weighted by Crippen LogP contribution is 2.45. The van der Waals surface area contributed by atoms with Gasteiger partial charge in [-0.15, -0.1) is 0 Å². The molecule has 2 heteroatoms. The van der Waals surface area contributed by atoms with Gasteiger partial charge >= 0.3 is 0 Å². The van der Waals surface area contributed by atoms with Crippen molar-refractivity contribution in [2.75, 3.05) is 6.54 Å². The Morgan fingerprint density at radius 3 is 2.87 bits per heavy atom. The number of nitrogens with two attached hydrogens (primary N) is 1. The fourth-order valence-electron chi connectivity index (χ4n) is 2.53. The molecular formula is C13H18BrN. The summed E-state index contributed by atoms with van der Waals surface area (Å²) in [5.74, 6) is 0.620.